The van der Waals surface area contributed by atoms with Gasteiger partial charge in [-0.05, 0) is 48.7 Å². The topological polar surface area (TPSA) is 77.8 Å². The van der Waals surface area contributed by atoms with Crippen LogP contribution in [0.15, 0.2) is 72.7 Å². The molecule has 3 heterocycles. The number of aromatic nitrogens is 5. The summed E-state index contributed by atoms with van der Waals surface area (Å²) in [4.78, 5) is 16.7. The Morgan fingerprint density at radius 2 is 2.06 bits per heavy atom. The second-order valence-electron chi connectivity index (χ2n) is 7.44. The molecule has 0 fully saturated rings. The fourth-order valence-corrected chi connectivity index (χ4v) is 3.51. The van der Waals surface area contributed by atoms with E-state index in [2.05, 4.69) is 38.2 Å². The highest BCUT2D eigenvalue weighted by molar-refractivity contribution is 5.78. The van der Waals surface area contributed by atoms with Crippen molar-refractivity contribution in [1.29, 1.82) is 0 Å². The van der Waals surface area contributed by atoms with E-state index in [4.69, 9.17) is 9.47 Å². The SMILES string of the molecule is Cn1ccnc1COc1ccc(OCC2=CC=CCC2)cc1-c1nc2ncccc2[nH]1. The van der Waals surface area contributed by atoms with E-state index in [1.807, 2.05) is 48.1 Å². The van der Waals surface area contributed by atoms with Gasteiger partial charge in [0.2, 0.25) is 0 Å². The quantitative estimate of drug-likeness (QED) is 0.479. The molecule has 3 aromatic heterocycles. The van der Waals surface area contributed by atoms with Crippen LogP contribution in [0.3, 0.4) is 0 Å². The molecule has 31 heavy (non-hydrogen) atoms. The van der Waals surface area contributed by atoms with Gasteiger partial charge in [-0.15, -0.1) is 0 Å². The fraction of sp³-hybridized carbons (Fsp3) is 0.208. The minimum absolute atomic E-state index is 0.356. The Morgan fingerprint density at radius 3 is 2.87 bits per heavy atom. The molecule has 0 radical (unpaired) electrons. The van der Waals surface area contributed by atoms with Crippen LogP contribution in [-0.4, -0.2) is 31.1 Å². The normalized spacial score (nSPS) is 13.4. The van der Waals surface area contributed by atoms with Crippen LogP contribution in [0.1, 0.15) is 18.7 Å². The van der Waals surface area contributed by atoms with E-state index >= 15 is 0 Å². The van der Waals surface area contributed by atoms with Crippen LogP contribution in [0, 0.1) is 0 Å². The second kappa shape index (κ2) is 8.47. The minimum Gasteiger partial charge on any atom is -0.489 e. The van der Waals surface area contributed by atoms with Gasteiger partial charge in [0.05, 0.1) is 11.1 Å². The smallest absolute Gasteiger partial charge is 0.178 e. The molecule has 0 unspecified atom stereocenters. The number of nitrogens with zero attached hydrogens (tertiary/aromatic N) is 4. The Hall–Kier alpha value is -3.87. The molecule has 0 saturated heterocycles. The molecule has 1 aliphatic rings. The second-order valence-corrected chi connectivity index (χ2v) is 7.44. The molecule has 0 bridgehead atoms. The van der Waals surface area contributed by atoms with Crippen molar-refractivity contribution in [2.24, 2.45) is 7.05 Å². The predicted molar refractivity (Wildman–Crippen MR) is 119 cm³/mol. The number of allylic oxidation sites excluding steroid dienone is 3. The molecule has 7 heteroatoms. The van der Waals surface area contributed by atoms with Gasteiger partial charge in [-0.1, -0.05) is 18.2 Å². The molecular formula is C24H23N5O2. The third kappa shape index (κ3) is 4.21. The number of nitrogens with one attached hydrogen (secondary N) is 1. The van der Waals surface area contributed by atoms with E-state index in [-0.39, 0.29) is 0 Å². The molecule has 0 atom stereocenters. The first-order valence-corrected chi connectivity index (χ1v) is 10.3. The van der Waals surface area contributed by atoms with Crippen LogP contribution in [0.2, 0.25) is 0 Å². The van der Waals surface area contributed by atoms with Gasteiger partial charge in [-0.25, -0.2) is 15.0 Å². The summed E-state index contributed by atoms with van der Waals surface area (Å²) in [6, 6.07) is 9.65. The van der Waals surface area contributed by atoms with Crippen molar-refractivity contribution in [1.82, 2.24) is 24.5 Å². The van der Waals surface area contributed by atoms with Crippen molar-refractivity contribution in [2.75, 3.05) is 6.61 Å². The molecule has 156 valence electrons. The van der Waals surface area contributed by atoms with E-state index in [0.717, 1.165) is 35.5 Å². The van der Waals surface area contributed by atoms with E-state index < -0.39 is 0 Å². The first kappa shape index (κ1) is 19.1. The predicted octanol–water partition coefficient (Wildman–Crippen LogP) is 4.59. The van der Waals surface area contributed by atoms with Gasteiger partial charge < -0.3 is 19.0 Å². The Balaban J connectivity index is 1.45. The summed E-state index contributed by atoms with van der Waals surface area (Å²) in [5, 5.41) is 0. The number of hydrogen-bond acceptors (Lipinski definition) is 5. The first-order valence-electron chi connectivity index (χ1n) is 10.3. The Labute approximate surface area is 180 Å². The number of H-pyrrole nitrogens is 1. The number of hydrogen-bond donors (Lipinski definition) is 1. The average Bonchev–Trinajstić information content (AvgIpc) is 3.43. The molecule has 4 aromatic rings. The number of ether oxygens (including phenoxy) is 2. The largest absolute Gasteiger partial charge is 0.489 e. The zero-order valence-corrected chi connectivity index (χ0v) is 17.3. The Kier molecular flexibility index (Phi) is 5.22. The summed E-state index contributed by atoms with van der Waals surface area (Å²) in [6.45, 7) is 0.924. The maximum Gasteiger partial charge on any atom is 0.178 e. The number of imidazole rings is 2. The highest BCUT2D eigenvalue weighted by Gasteiger charge is 2.15. The van der Waals surface area contributed by atoms with E-state index in [1.165, 1.54) is 5.57 Å². The van der Waals surface area contributed by atoms with Crippen LogP contribution in [0.4, 0.5) is 0 Å². The van der Waals surface area contributed by atoms with Crippen LogP contribution in [0.25, 0.3) is 22.6 Å². The van der Waals surface area contributed by atoms with Crippen LogP contribution in [-0.2, 0) is 13.7 Å². The van der Waals surface area contributed by atoms with Crippen molar-refractivity contribution in [2.45, 2.75) is 19.4 Å². The molecule has 1 aliphatic carbocycles. The fourth-order valence-electron chi connectivity index (χ4n) is 3.51. The van der Waals surface area contributed by atoms with Crippen molar-refractivity contribution in [3.8, 4) is 22.9 Å². The van der Waals surface area contributed by atoms with Gasteiger partial charge >= 0.3 is 0 Å². The van der Waals surface area contributed by atoms with Gasteiger partial charge in [0, 0.05) is 25.6 Å². The third-order valence-electron chi connectivity index (χ3n) is 5.27. The highest BCUT2D eigenvalue weighted by atomic mass is 16.5. The number of fused-ring (bicyclic) bond motifs is 1. The summed E-state index contributed by atoms with van der Waals surface area (Å²) in [7, 11) is 1.95. The van der Waals surface area contributed by atoms with Crippen LogP contribution in [0.5, 0.6) is 11.5 Å². The number of aromatic amines is 1. The number of rotatable bonds is 7. The van der Waals surface area contributed by atoms with Crippen LogP contribution < -0.4 is 9.47 Å². The lowest BCUT2D eigenvalue weighted by molar-refractivity contribution is 0.291. The zero-order valence-electron chi connectivity index (χ0n) is 17.3. The number of aryl methyl sites for hydroxylation is 1. The van der Waals surface area contributed by atoms with Crippen molar-refractivity contribution < 1.29 is 9.47 Å². The minimum atomic E-state index is 0.356. The van der Waals surface area contributed by atoms with Crippen molar-refractivity contribution >= 4 is 11.2 Å². The van der Waals surface area contributed by atoms with Gasteiger partial charge in [-0.2, -0.15) is 0 Å². The Morgan fingerprint density at radius 1 is 1.10 bits per heavy atom. The van der Waals surface area contributed by atoms with Gasteiger partial charge in [0.15, 0.2) is 5.65 Å². The van der Waals surface area contributed by atoms with Crippen LogP contribution >= 0.6 is 0 Å². The van der Waals surface area contributed by atoms with Gasteiger partial charge in [0.25, 0.3) is 0 Å². The molecule has 0 spiro atoms. The maximum absolute atomic E-state index is 6.12. The lowest BCUT2D eigenvalue weighted by Gasteiger charge is -2.14. The summed E-state index contributed by atoms with van der Waals surface area (Å²) >= 11 is 0. The van der Waals surface area contributed by atoms with E-state index in [0.29, 0.717) is 30.4 Å². The lowest BCUT2D eigenvalue weighted by Crippen LogP contribution is -2.05. The van der Waals surface area contributed by atoms with E-state index in [9.17, 15) is 0 Å². The Bertz CT molecular complexity index is 1230. The van der Waals surface area contributed by atoms with Gasteiger partial charge in [0.1, 0.15) is 36.4 Å². The molecule has 0 amide bonds. The molecule has 0 saturated carbocycles. The molecule has 1 N–H and O–H groups in total. The molecule has 7 nitrogen and oxygen atoms in total. The average molecular weight is 413 g/mol. The van der Waals surface area contributed by atoms with E-state index in [1.54, 1.807) is 12.4 Å². The summed E-state index contributed by atoms with van der Waals surface area (Å²) in [5.74, 6) is 3.00. The summed E-state index contributed by atoms with van der Waals surface area (Å²) in [6.07, 6.45) is 13.9. The standard InChI is InChI=1S/C24H23N5O2/c1-29-13-12-25-22(29)16-31-21-10-9-18(30-15-17-6-3-2-4-7-17)14-19(21)23-27-20-8-5-11-26-24(20)28-23/h2-3,5-6,8-14H,4,7,15-16H2,1H3,(H,26,27,28). The number of benzene rings is 1. The monoisotopic (exact) mass is 413 g/mol. The molecule has 5 rings (SSSR count). The highest BCUT2D eigenvalue weighted by Crippen LogP contribution is 2.33. The van der Waals surface area contributed by atoms with Crippen molar-refractivity contribution in [3.63, 3.8) is 0 Å². The molecular weight excluding hydrogens is 390 g/mol. The summed E-state index contributed by atoms with van der Waals surface area (Å²) < 4.78 is 14.1. The van der Waals surface area contributed by atoms with Gasteiger partial charge in [-0.3, -0.25) is 0 Å². The third-order valence-corrected chi connectivity index (χ3v) is 5.27. The number of pyridine rings is 1. The molecule has 1 aromatic carbocycles. The molecule has 0 aliphatic heterocycles. The summed E-state index contributed by atoms with van der Waals surface area (Å²) in [5.41, 5.74) is 3.64. The lowest BCUT2D eigenvalue weighted by atomic mass is 10.1. The first-order chi connectivity index (χ1) is 15.3. The maximum atomic E-state index is 6.12. The zero-order chi connectivity index (χ0) is 21.0. The van der Waals surface area contributed by atoms with Crippen molar-refractivity contribution in [3.05, 3.63) is 78.5 Å².